The van der Waals surface area contributed by atoms with Crippen LogP contribution in [0.2, 0.25) is 5.02 Å². The Morgan fingerprint density at radius 3 is 2.71 bits per heavy atom. The lowest BCUT2D eigenvalue weighted by Crippen LogP contribution is -2.18. The first kappa shape index (κ1) is 15.4. The summed E-state index contributed by atoms with van der Waals surface area (Å²) in [7, 11) is 0. The summed E-state index contributed by atoms with van der Waals surface area (Å²) in [6.45, 7) is 2.35. The van der Waals surface area contributed by atoms with E-state index in [1.54, 1.807) is 12.1 Å². The highest BCUT2D eigenvalue weighted by Crippen LogP contribution is 2.23. The highest BCUT2D eigenvalue weighted by atomic mass is 35.5. The summed E-state index contributed by atoms with van der Waals surface area (Å²) in [5.74, 6) is -0.283. The van der Waals surface area contributed by atoms with Gasteiger partial charge in [-0.05, 0) is 36.2 Å². The first-order chi connectivity index (χ1) is 9.97. The average Bonchev–Trinajstić information content (AvgIpc) is 2.45. The molecule has 0 amide bonds. The van der Waals surface area contributed by atoms with Crippen molar-refractivity contribution in [2.45, 2.75) is 19.5 Å². The summed E-state index contributed by atoms with van der Waals surface area (Å²) >= 11 is 6.02. The van der Waals surface area contributed by atoms with Gasteiger partial charge in [-0.25, -0.2) is 4.39 Å². The van der Waals surface area contributed by atoms with Gasteiger partial charge in [0.1, 0.15) is 5.82 Å². The summed E-state index contributed by atoms with van der Waals surface area (Å²) in [5.41, 5.74) is 1.54. The van der Waals surface area contributed by atoms with Crippen molar-refractivity contribution < 1.29 is 9.31 Å². The molecule has 2 aromatic rings. The number of nitro groups is 1. The van der Waals surface area contributed by atoms with E-state index in [1.165, 1.54) is 24.3 Å². The fourth-order valence-electron chi connectivity index (χ4n) is 1.95. The Balaban J connectivity index is 2.04. The van der Waals surface area contributed by atoms with Gasteiger partial charge in [0, 0.05) is 24.7 Å². The molecule has 0 aliphatic heterocycles. The van der Waals surface area contributed by atoms with Gasteiger partial charge in [0.15, 0.2) is 0 Å². The normalized spacial score (nSPS) is 12.1. The van der Waals surface area contributed by atoms with Crippen LogP contribution in [-0.2, 0) is 6.54 Å². The van der Waals surface area contributed by atoms with E-state index in [2.05, 4.69) is 5.32 Å². The average molecular weight is 309 g/mol. The minimum absolute atomic E-state index is 0.0399. The molecule has 4 nitrogen and oxygen atoms in total. The first-order valence-electron chi connectivity index (χ1n) is 6.39. The zero-order valence-corrected chi connectivity index (χ0v) is 12.1. The lowest BCUT2D eigenvalue weighted by atomic mass is 10.1. The van der Waals surface area contributed by atoms with Gasteiger partial charge in [0.05, 0.1) is 9.95 Å². The molecule has 0 unspecified atom stereocenters. The van der Waals surface area contributed by atoms with Gasteiger partial charge >= 0.3 is 0 Å². The molecular formula is C15H14ClFN2O2. The zero-order valence-electron chi connectivity index (χ0n) is 11.3. The quantitative estimate of drug-likeness (QED) is 0.664. The van der Waals surface area contributed by atoms with Crippen molar-refractivity contribution in [1.82, 2.24) is 5.32 Å². The standard InChI is InChI=1S/C15H14ClFN2O2/c1-10(11-3-2-4-13(17)7-11)18-9-12-5-6-14(19(20)21)8-15(12)16/h2-8,10,18H,9H2,1H3/t10-/m1/s1. The van der Waals surface area contributed by atoms with Gasteiger partial charge < -0.3 is 5.32 Å². The van der Waals surface area contributed by atoms with E-state index < -0.39 is 4.92 Å². The lowest BCUT2D eigenvalue weighted by Gasteiger charge is -2.15. The SMILES string of the molecule is C[C@@H](NCc1ccc([N+](=O)[O-])cc1Cl)c1cccc(F)c1. The molecule has 0 spiro atoms. The molecule has 0 aliphatic carbocycles. The van der Waals surface area contributed by atoms with Crippen LogP contribution in [0, 0.1) is 15.9 Å². The Hall–Kier alpha value is -1.98. The van der Waals surface area contributed by atoms with Crippen LogP contribution in [0.3, 0.4) is 0 Å². The fraction of sp³-hybridized carbons (Fsp3) is 0.200. The molecule has 6 heteroatoms. The van der Waals surface area contributed by atoms with Crippen LogP contribution in [-0.4, -0.2) is 4.92 Å². The van der Waals surface area contributed by atoms with Crippen molar-refractivity contribution in [2.24, 2.45) is 0 Å². The highest BCUT2D eigenvalue weighted by molar-refractivity contribution is 6.31. The molecule has 110 valence electrons. The van der Waals surface area contributed by atoms with Gasteiger partial charge in [-0.2, -0.15) is 0 Å². The van der Waals surface area contributed by atoms with E-state index in [1.807, 2.05) is 13.0 Å². The maximum absolute atomic E-state index is 13.2. The maximum Gasteiger partial charge on any atom is 0.270 e. The molecule has 0 saturated heterocycles. The molecule has 1 atom stereocenters. The minimum atomic E-state index is -0.488. The Morgan fingerprint density at radius 2 is 2.10 bits per heavy atom. The van der Waals surface area contributed by atoms with E-state index in [0.717, 1.165) is 11.1 Å². The molecule has 0 saturated carbocycles. The van der Waals surface area contributed by atoms with Crippen molar-refractivity contribution in [2.75, 3.05) is 0 Å². The highest BCUT2D eigenvalue weighted by Gasteiger charge is 2.11. The predicted octanol–water partition coefficient (Wildman–Crippen LogP) is 4.24. The second-order valence-corrected chi connectivity index (χ2v) is 5.10. The first-order valence-corrected chi connectivity index (χ1v) is 6.77. The van der Waals surface area contributed by atoms with Gasteiger partial charge in [0.2, 0.25) is 0 Å². The van der Waals surface area contributed by atoms with Gasteiger partial charge in [-0.15, -0.1) is 0 Å². The third kappa shape index (κ3) is 4.00. The zero-order chi connectivity index (χ0) is 15.4. The molecule has 0 heterocycles. The number of nitrogens with one attached hydrogen (secondary N) is 1. The van der Waals surface area contributed by atoms with Crippen molar-refractivity contribution in [3.63, 3.8) is 0 Å². The van der Waals surface area contributed by atoms with Crippen LogP contribution in [0.15, 0.2) is 42.5 Å². The Bertz CT molecular complexity index is 664. The molecule has 1 N–H and O–H groups in total. The molecule has 2 aromatic carbocycles. The summed E-state index contributed by atoms with van der Waals surface area (Å²) in [5, 5.41) is 14.2. The van der Waals surface area contributed by atoms with Crippen molar-refractivity contribution in [3.05, 3.63) is 74.5 Å². The third-order valence-electron chi connectivity index (χ3n) is 3.19. The van der Waals surface area contributed by atoms with Crippen LogP contribution in [0.4, 0.5) is 10.1 Å². The molecule has 21 heavy (non-hydrogen) atoms. The van der Waals surface area contributed by atoms with Crippen molar-refractivity contribution in [3.8, 4) is 0 Å². The summed E-state index contributed by atoms with van der Waals surface area (Å²) < 4.78 is 13.2. The second kappa shape index (κ2) is 6.65. The monoisotopic (exact) mass is 308 g/mol. The van der Waals surface area contributed by atoms with E-state index in [4.69, 9.17) is 11.6 Å². The number of halogens is 2. The predicted molar refractivity (Wildman–Crippen MR) is 79.8 cm³/mol. The van der Waals surface area contributed by atoms with E-state index in [0.29, 0.717) is 11.6 Å². The molecule has 0 fully saturated rings. The van der Waals surface area contributed by atoms with E-state index in [-0.39, 0.29) is 17.5 Å². The molecule has 0 radical (unpaired) electrons. The summed E-state index contributed by atoms with van der Waals surface area (Å²) in [6, 6.07) is 10.6. The van der Waals surface area contributed by atoms with Gasteiger partial charge in [-0.1, -0.05) is 23.7 Å². The Kier molecular flexibility index (Phi) is 4.88. The summed E-state index contributed by atoms with van der Waals surface area (Å²) in [4.78, 5) is 10.2. The van der Waals surface area contributed by atoms with Gasteiger partial charge in [0.25, 0.3) is 5.69 Å². The second-order valence-electron chi connectivity index (χ2n) is 4.69. The van der Waals surface area contributed by atoms with Gasteiger partial charge in [-0.3, -0.25) is 10.1 Å². The fourth-order valence-corrected chi connectivity index (χ4v) is 2.19. The number of nitro benzene ring substituents is 1. The topological polar surface area (TPSA) is 55.2 Å². The number of rotatable bonds is 5. The number of nitrogens with zero attached hydrogens (tertiary/aromatic N) is 1. The summed E-state index contributed by atoms with van der Waals surface area (Å²) in [6.07, 6.45) is 0. The smallest absolute Gasteiger partial charge is 0.270 e. The Labute approximate surface area is 126 Å². The molecule has 0 aliphatic rings. The van der Waals surface area contributed by atoms with Crippen LogP contribution >= 0.6 is 11.6 Å². The number of hydrogen-bond acceptors (Lipinski definition) is 3. The largest absolute Gasteiger partial charge is 0.306 e. The van der Waals surface area contributed by atoms with Crippen molar-refractivity contribution >= 4 is 17.3 Å². The van der Waals surface area contributed by atoms with Crippen molar-refractivity contribution in [1.29, 1.82) is 0 Å². The molecule has 0 aromatic heterocycles. The Morgan fingerprint density at radius 1 is 1.33 bits per heavy atom. The van der Waals surface area contributed by atoms with E-state index in [9.17, 15) is 14.5 Å². The molecule has 0 bridgehead atoms. The minimum Gasteiger partial charge on any atom is -0.306 e. The van der Waals surface area contributed by atoms with Crippen LogP contribution in [0.25, 0.3) is 0 Å². The van der Waals surface area contributed by atoms with E-state index >= 15 is 0 Å². The van der Waals surface area contributed by atoms with Crippen LogP contribution in [0.5, 0.6) is 0 Å². The number of hydrogen-bond donors (Lipinski definition) is 1. The van der Waals surface area contributed by atoms with Crippen LogP contribution in [0.1, 0.15) is 24.1 Å². The molecular weight excluding hydrogens is 295 g/mol. The number of non-ortho nitro benzene ring substituents is 1. The van der Waals surface area contributed by atoms with Crippen LogP contribution < -0.4 is 5.32 Å². The molecule has 2 rings (SSSR count). The lowest BCUT2D eigenvalue weighted by molar-refractivity contribution is -0.384. The number of benzene rings is 2. The maximum atomic E-state index is 13.2. The third-order valence-corrected chi connectivity index (χ3v) is 3.55.